The van der Waals surface area contributed by atoms with Crippen molar-refractivity contribution in [1.82, 2.24) is 9.78 Å². The minimum atomic E-state index is -0.557. The second-order valence-electron chi connectivity index (χ2n) is 7.03. The Labute approximate surface area is 207 Å². The van der Waals surface area contributed by atoms with Gasteiger partial charge in [-0.3, -0.25) is 19.6 Å². The lowest BCUT2D eigenvalue weighted by molar-refractivity contribution is -0.384. The second kappa shape index (κ2) is 10.2. The zero-order valence-electron chi connectivity index (χ0n) is 17.2. The van der Waals surface area contributed by atoms with E-state index in [1.165, 1.54) is 24.3 Å². The summed E-state index contributed by atoms with van der Waals surface area (Å²) in [6, 6.07) is 14.1. The molecule has 12 heteroatoms. The van der Waals surface area contributed by atoms with E-state index < -0.39 is 10.8 Å². The van der Waals surface area contributed by atoms with Gasteiger partial charge in [0.1, 0.15) is 23.1 Å². The minimum absolute atomic E-state index is 0.00653. The van der Waals surface area contributed by atoms with E-state index >= 15 is 0 Å². The summed E-state index contributed by atoms with van der Waals surface area (Å²) in [4.78, 5) is 22.9. The molecule has 9 nitrogen and oxygen atoms in total. The van der Waals surface area contributed by atoms with Crippen molar-refractivity contribution in [2.45, 2.75) is 13.2 Å². The van der Waals surface area contributed by atoms with E-state index in [1.54, 1.807) is 29.1 Å². The lowest BCUT2D eigenvalue weighted by atomic mass is 10.2. The summed E-state index contributed by atoms with van der Waals surface area (Å²) in [6.07, 6.45) is 1.59. The summed E-state index contributed by atoms with van der Waals surface area (Å²) in [5.41, 5.74) is 0.798. The smallest absolute Gasteiger partial charge is 0.292 e. The number of amides is 1. The highest BCUT2D eigenvalue weighted by molar-refractivity contribution is 6.33. The number of rotatable bonds is 8. The van der Waals surface area contributed by atoms with Gasteiger partial charge in [-0.2, -0.15) is 5.10 Å². The Balaban J connectivity index is 1.38. The number of nitrogens with zero attached hydrogens (tertiary/aromatic N) is 3. The van der Waals surface area contributed by atoms with Gasteiger partial charge in [-0.25, -0.2) is 0 Å². The second-order valence-corrected chi connectivity index (χ2v) is 8.28. The van der Waals surface area contributed by atoms with Crippen LogP contribution in [0.3, 0.4) is 0 Å². The molecule has 0 atom stereocenters. The average molecular weight is 522 g/mol. The summed E-state index contributed by atoms with van der Waals surface area (Å²) in [7, 11) is 0. The van der Waals surface area contributed by atoms with Gasteiger partial charge in [-0.1, -0.05) is 46.9 Å². The molecular formula is C22H15Cl3N4O5. The Morgan fingerprint density at radius 1 is 1.09 bits per heavy atom. The number of benzene rings is 2. The molecule has 0 fully saturated rings. The van der Waals surface area contributed by atoms with Crippen molar-refractivity contribution in [3.8, 4) is 5.75 Å². The standard InChI is InChI=1S/C22H15Cl3N4O5/c23-14-3-1-13(2-4-14)10-28-11-18(25)21(27-28)26-22(30)19-8-6-16(34-19)12-33-20-9-15(29(31)32)5-7-17(20)24/h1-9,11H,10,12H2,(H,26,27,30). The highest BCUT2D eigenvalue weighted by atomic mass is 35.5. The van der Waals surface area contributed by atoms with Gasteiger partial charge in [0.25, 0.3) is 11.6 Å². The van der Waals surface area contributed by atoms with Gasteiger partial charge in [0.2, 0.25) is 0 Å². The summed E-state index contributed by atoms with van der Waals surface area (Å²) < 4.78 is 12.6. The number of non-ortho nitro benzene ring substituents is 1. The van der Waals surface area contributed by atoms with Crippen molar-refractivity contribution in [1.29, 1.82) is 0 Å². The highest BCUT2D eigenvalue weighted by Gasteiger charge is 2.17. The van der Waals surface area contributed by atoms with Crippen LogP contribution in [0, 0.1) is 10.1 Å². The molecule has 0 spiro atoms. The lowest BCUT2D eigenvalue weighted by Crippen LogP contribution is -2.12. The van der Waals surface area contributed by atoms with Crippen LogP contribution >= 0.6 is 34.8 Å². The van der Waals surface area contributed by atoms with Crippen LogP contribution in [-0.4, -0.2) is 20.6 Å². The summed E-state index contributed by atoms with van der Waals surface area (Å²) >= 11 is 18.1. The first-order chi connectivity index (χ1) is 16.3. The van der Waals surface area contributed by atoms with Gasteiger partial charge in [0, 0.05) is 17.3 Å². The monoisotopic (exact) mass is 520 g/mol. The molecule has 0 radical (unpaired) electrons. The third-order valence-corrected chi connectivity index (χ3v) is 5.43. The topological polar surface area (TPSA) is 112 Å². The number of halogens is 3. The third kappa shape index (κ3) is 5.69. The number of carbonyl (C=O) groups excluding carboxylic acids is 1. The molecule has 2 heterocycles. The zero-order chi connectivity index (χ0) is 24.2. The number of furan rings is 1. The normalized spacial score (nSPS) is 10.8. The molecule has 4 rings (SSSR count). The van der Waals surface area contributed by atoms with Gasteiger partial charge in [-0.15, -0.1) is 0 Å². The maximum absolute atomic E-state index is 12.6. The molecule has 2 aromatic carbocycles. The first-order valence-electron chi connectivity index (χ1n) is 9.72. The van der Waals surface area contributed by atoms with Crippen LogP contribution in [-0.2, 0) is 13.2 Å². The maximum Gasteiger partial charge on any atom is 0.292 e. The molecule has 2 aromatic heterocycles. The van der Waals surface area contributed by atoms with Crippen LogP contribution in [0.1, 0.15) is 21.9 Å². The van der Waals surface area contributed by atoms with E-state index in [0.717, 1.165) is 5.56 Å². The number of anilines is 1. The summed E-state index contributed by atoms with van der Waals surface area (Å²) in [5.74, 6) is 0.0619. The number of hydrogen-bond donors (Lipinski definition) is 1. The molecule has 0 aliphatic rings. The van der Waals surface area contributed by atoms with E-state index in [0.29, 0.717) is 17.3 Å². The number of nitro groups is 1. The fraction of sp³-hybridized carbons (Fsp3) is 0.0909. The van der Waals surface area contributed by atoms with Crippen molar-refractivity contribution < 1.29 is 18.9 Å². The van der Waals surface area contributed by atoms with Gasteiger partial charge >= 0.3 is 0 Å². The summed E-state index contributed by atoms with van der Waals surface area (Å²) in [6.45, 7) is 0.347. The molecule has 34 heavy (non-hydrogen) atoms. The average Bonchev–Trinajstić information content (AvgIpc) is 3.41. The van der Waals surface area contributed by atoms with Crippen molar-refractivity contribution in [3.05, 3.63) is 103 Å². The van der Waals surface area contributed by atoms with Gasteiger partial charge in [-0.05, 0) is 35.9 Å². The van der Waals surface area contributed by atoms with Gasteiger partial charge < -0.3 is 14.5 Å². The largest absolute Gasteiger partial charge is 0.484 e. The summed E-state index contributed by atoms with van der Waals surface area (Å²) in [5, 5.41) is 18.9. The van der Waals surface area contributed by atoms with Gasteiger partial charge in [0.05, 0.1) is 22.6 Å². The van der Waals surface area contributed by atoms with E-state index in [-0.39, 0.29) is 39.7 Å². The van der Waals surface area contributed by atoms with Crippen LogP contribution in [0.25, 0.3) is 0 Å². The van der Waals surface area contributed by atoms with Crippen molar-refractivity contribution in [2.75, 3.05) is 5.32 Å². The molecule has 0 aliphatic carbocycles. The Kier molecular flexibility index (Phi) is 7.06. The SMILES string of the molecule is O=C(Nc1nn(Cc2ccc(Cl)cc2)cc1Cl)c1ccc(COc2cc([N+](=O)[O-])ccc2Cl)o1. The molecule has 0 aliphatic heterocycles. The molecular weight excluding hydrogens is 507 g/mol. The Morgan fingerprint density at radius 3 is 2.59 bits per heavy atom. The maximum atomic E-state index is 12.6. The molecule has 0 saturated carbocycles. The van der Waals surface area contributed by atoms with E-state index in [1.807, 2.05) is 12.1 Å². The first-order valence-corrected chi connectivity index (χ1v) is 10.9. The van der Waals surface area contributed by atoms with Crippen molar-refractivity contribution >= 4 is 52.2 Å². The number of hydrogen-bond acceptors (Lipinski definition) is 6. The van der Waals surface area contributed by atoms with E-state index in [9.17, 15) is 14.9 Å². The predicted molar refractivity (Wildman–Crippen MR) is 127 cm³/mol. The van der Waals surface area contributed by atoms with Crippen LogP contribution in [0.4, 0.5) is 11.5 Å². The molecule has 4 aromatic rings. The van der Waals surface area contributed by atoms with Crippen LogP contribution in [0.5, 0.6) is 5.75 Å². The van der Waals surface area contributed by atoms with Crippen LogP contribution < -0.4 is 10.1 Å². The fourth-order valence-electron chi connectivity index (χ4n) is 2.95. The number of carbonyl (C=O) groups is 1. The molecule has 1 amide bonds. The molecule has 0 bridgehead atoms. The van der Waals surface area contributed by atoms with Crippen LogP contribution in [0.2, 0.25) is 15.1 Å². The van der Waals surface area contributed by atoms with Crippen molar-refractivity contribution in [2.24, 2.45) is 0 Å². The number of nitrogens with one attached hydrogen (secondary N) is 1. The Bertz CT molecular complexity index is 1350. The molecule has 174 valence electrons. The number of nitro benzene ring substituents is 1. The number of aromatic nitrogens is 2. The third-order valence-electron chi connectivity index (χ3n) is 4.59. The zero-order valence-corrected chi connectivity index (χ0v) is 19.5. The minimum Gasteiger partial charge on any atom is -0.484 e. The Morgan fingerprint density at radius 2 is 1.85 bits per heavy atom. The highest BCUT2D eigenvalue weighted by Crippen LogP contribution is 2.30. The van der Waals surface area contributed by atoms with E-state index in [2.05, 4.69) is 10.4 Å². The lowest BCUT2D eigenvalue weighted by Gasteiger charge is -2.06. The molecule has 0 unspecified atom stereocenters. The predicted octanol–water partition coefficient (Wildman–Crippen LogP) is 6.22. The number of ether oxygens (including phenoxy) is 1. The quantitative estimate of drug-likeness (QED) is 0.217. The van der Waals surface area contributed by atoms with Gasteiger partial charge in [0.15, 0.2) is 11.6 Å². The molecule has 0 saturated heterocycles. The van der Waals surface area contributed by atoms with Crippen molar-refractivity contribution in [3.63, 3.8) is 0 Å². The molecule has 1 N–H and O–H groups in total. The van der Waals surface area contributed by atoms with E-state index in [4.69, 9.17) is 44.0 Å². The van der Waals surface area contributed by atoms with Crippen LogP contribution in [0.15, 0.2) is 65.2 Å². The fourth-order valence-corrected chi connectivity index (χ4v) is 3.45. The Hall–Kier alpha value is -3.53. The first kappa shape index (κ1) is 23.6.